The Hall–Kier alpha value is -2.11. The first-order valence-electron chi connectivity index (χ1n) is 7.41. The van der Waals surface area contributed by atoms with Gasteiger partial charge in [0.2, 0.25) is 5.75 Å². The largest absolute Gasteiger partial charge is 0.501 e. The number of aromatic hydroxyl groups is 1. The minimum Gasteiger partial charge on any atom is -0.501 e. The Kier molecular flexibility index (Phi) is 4.24. The molecule has 0 spiro atoms. The summed E-state index contributed by atoms with van der Waals surface area (Å²) < 4.78 is 0. The molecule has 1 N–H and O–H groups in total. The number of fused-ring (bicyclic) bond motifs is 1. The number of hydrogen-bond donors (Lipinski definition) is 1. The fraction of sp³-hybridized carbons (Fsp3) is 0.294. The van der Waals surface area contributed by atoms with Gasteiger partial charge in [0.1, 0.15) is 0 Å². The highest BCUT2D eigenvalue weighted by molar-refractivity contribution is 6.32. The van der Waals surface area contributed by atoms with E-state index >= 15 is 0 Å². The Bertz CT molecular complexity index is 749. The van der Waals surface area contributed by atoms with E-state index in [1.54, 1.807) is 6.07 Å². The lowest BCUT2D eigenvalue weighted by Gasteiger charge is -2.22. The van der Waals surface area contributed by atoms with Crippen LogP contribution in [-0.2, 0) is 6.42 Å². The van der Waals surface area contributed by atoms with Crippen LogP contribution >= 0.6 is 11.6 Å². The van der Waals surface area contributed by atoms with Gasteiger partial charge in [0.15, 0.2) is 0 Å². The zero-order valence-corrected chi connectivity index (χ0v) is 13.5. The van der Waals surface area contributed by atoms with Crippen molar-refractivity contribution in [3.63, 3.8) is 0 Å². The molecule has 0 saturated carbocycles. The van der Waals surface area contributed by atoms with E-state index in [1.807, 2.05) is 37.4 Å². The second-order valence-corrected chi connectivity index (χ2v) is 6.27. The number of hydrogen-bond acceptors (Lipinski definition) is 4. The maximum absolute atomic E-state index is 11.6. The van der Waals surface area contributed by atoms with Crippen molar-refractivity contribution in [3.05, 3.63) is 68.2 Å². The number of nitro benzene ring substituents is 1. The number of phenolic OH excluding ortho intramolecular Hbond substituents is 1. The molecule has 2 aromatic carbocycles. The van der Waals surface area contributed by atoms with E-state index in [9.17, 15) is 15.2 Å². The molecular weight excluding hydrogens is 316 g/mol. The van der Waals surface area contributed by atoms with Crippen LogP contribution in [0.1, 0.15) is 22.6 Å². The van der Waals surface area contributed by atoms with Crippen molar-refractivity contribution in [1.82, 2.24) is 4.90 Å². The summed E-state index contributed by atoms with van der Waals surface area (Å²) in [5.41, 5.74) is 2.13. The summed E-state index contributed by atoms with van der Waals surface area (Å²) >= 11 is 6.01. The van der Waals surface area contributed by atoms with E-state index in [0.717, 1.165) is 17.7 Å². The molecule has 0 bridgehead atoms. The van der Waals surface area contributed by atoms with Crippen molar-refractivity contribution < 1.29 is 10.0 Å². The van der Waals surface area contributed by atoms with Gasteiger partial charge in [-0.1, -0.05) is 41.9 Å². The van der Waals surface area contributed by atoms with Crippen LogP contribution in [0.3, 0.4) is 0 Å². The van der Waals surface area contributed by atoms with E-state index in [1.165, 1.54) is 0 Å². The highest BCUT2D eigenvalue weighted by Crippen LogP contribution is 2.45. The first-order valence-corrected chi connectivity index (χ1v) is 7.79. The highest BCUT2D eigenvalue weighted by Gasteiger charge is 2.34. The fourth-order valence-electron chi connectivity index (χ4n) is 3.24. The molecule has 1 heterocycles. The van der Waals surface area contributed by atoms with E-state index in [4.69, 9.17) is 11.6 Å². The first-order chi connectivity index (χ1) is 11.0. The number of halogens is 1. The lowest BCUT2D eigenvalue weighted by atomic mass is 9.86. The molecule has 1 aliphatic heterocycles. The molecule has 0 aromatic heterocycles. The summed E-state index contributed by atoms with van der Waals surface area (Å²) in [6.07, 6.45) is 0.663. The average Bonchev–Trinajstić information content (AvgIpc) is 2.69. The van der Waals surface area contributed by atoms with Gasteiger partial charge in [-0.3, -0.25) is 10.1 Å². The lowest BCUT2D eigenvalue weighted by Crippen LogP contribution is -2.24. The van der Waals surface area contributed by atoms with Gasteiger partial charge in [-0.25, -0.2) is 0 Å². The molecule has 0 amide bonds. The van der Waals surface area contributed by atoms with Crippen molar-refractivity contribution in [2.24, 2.45) is 0 Å². The predicted octanol–water partition coefficient (Wildman–Crippen LogP) is 3.57. The molecule has 120 valence electrons. The monoisotopic (exact) mass is 332 g/mol. The topological polar surface area (TPSA) is 66.6 Å². The maximum atomic E-state index is 11.6. The predicted molar refractivity (Wildman–Crippen MR) is 89.3 cm³/mol. The number of nitrogens with zero attached hydrogens (tertiary/aromatic N) is 2. The number of benzene rings is 2. The second-order valence-electron chi connectivity index (χ2n) is 5.86. The summed E-state index contributed by atoms with van der Waals surface area (Å²) in [4.78, 5) is 13.2. The van der Waals surface area contributed by atoms with Gasteiger partial charge in [-0.15, -0.1) is 0 Å². The standard InChI is InChI=1S/C17H17ClN2O3/c1-19-8-7-12-9-14(18)17(21)16(20(22)23)15(12)13(10-19)11-5-3-2-4-6-11/h2-6,9,13,21H,7-8,10H2,1H3/t13-/m1/s1. The smallest absolute Gasteiger partial charge is 0.316 e. The number of nitro groups is 1. The minimum absolute atomic E-state index is 0.0341. The maximum Gasteiger partial charge on any atom is 0.316 e. The van der Waals surface area contributed by atoms with Crippen LogP contribution in [-0.4, -0.2) is 35.1 Å². The van der Waals surface area contributed by atoms with Crippen LogP contribution in [0.25, 0.3) is 0 Å². The molecule has 23 heavy (non-hydrogen) atoms. The molecule has 5 nitrogen and oxygen atoms in total. The molecule has 0 aliphatic carbocycles. The van der Waals surface area contributed by atoms with Gasteiger partial charge in [0.25, 0.3) is 0 Å². The Morgan fingerprint density at radius 2 is 2.04 bits per heavy atom. The molecule has 1 aliphatic rings. The zero-order chi connectivity index (χ0) is 16.6. The van der Waals surface area contributed by atoms with Crippen molar-refractivity contribution in [3.8, 4) is 5.75 Å². The van der Waals surface area contributed by atoms with Crippen molar-refractivity contribution in [2.75, 3.05) is 20.1 Å². The van der Waals surface area contributed by atoms with Crippen LogP contribution in [0.15, 0.2) is 36.4 Å². The third-order valence-electron chi connectivity index (χ3n) is 4.34. The number of likely N-dealkylation sites (N-methyl/N-ethyl adjacent to an activating group) is 1. The van der Waals surface area contributed by atoms with E-state index in [0.29, 0.717) is 18.5 Å². The van der Waals surface area contributed by atoms with E-state index in [-0.39, 0.29) is 16.6 Å². The van der Waals surface area contributed by atoms with Gasteiger partial charge >= 0.3 is 5.69 Å². The van der Waals surface area contributed by atoms with E-state index in [2.05, 4.69) is 4.90 Å². The molecule has 6 heteroatoms. The third kappa shape index (κ3) is 2.90. The minimum atomic E-state index is -0.526. The molecule has 3 rings (SSSR count). The molecule has 2 aromatic rings. The molecule has 1 atom stereocenters. The molecule has 0 radical (unpaired) electrons. The average molecular weight is 333 g/mol. The van der Waals surface area contributed by atoms with Crippen LogP contribution in [0.5, 0.6) is 5.75 Å². The Labute approximate surface area is 139 Å². The molecule has 0 saturated heterocycles. The van der Waals surface area contributed by atoms with Gasteiger partial charge in [0, 0.05) is 24.6 Å². The van der Waals surface area contributed by atoms with Crippen molar-refractivity contribution in [2.45, 2.75) is 12.3 Å². The Balaban J connectivity index is 2.28. The van der Waals surface area contributed by atoms with Crippen LogP contribution in [0.4, 0.5) is 5.69 Å². The summed E-state index contributed by atoms with van der Waals surface area (Å²) in [6.45, 7) is 1.44. The Morgan fingerprint density at radius 1 is 1.35 bits per heavy atom. The Morgan fingerprint density at radius 3 is 2.70 bits per heavy atom. The van der Waals surface area contributed by atoms with Gasteiger partial charge in [0.05, 0.1) is 9.95 Å². The van der Waals surface area contributed by atoms with Crippen molar-refractivity contribution in [1.29, 1.82) is 0 Å². The SMILES string of the molecule is CN1CCc2cc(Cl)c(O)c([N+](=O)[O-])c2[C@@H](c2ccccc2)C1. The highest BCUT2D eigenvalue weighted by atomic mass is 35.5. The second kappa shape index (κ2) is 6.18. The summed E-state index contributed by atoms with van der Waals surface area (Å²) in [7, 11) is 2.00. The van der Waals surface area contributed by atoms with Gasteiger partial charge < -0.3 is 10.0 Å². The quantitative estimate of drug-likeness (QED) is 0.674. The molecule has 0 fully saturated rings. The van der Waals surface area contributed by atoms with Crippen LogP contribution in [0.2, 0.25) is 5.02 Å². The summed E-state index contributed by atoms with van der Waals surface area (Å²) in [6, 6.07) is 11.3. The van der Waals surface area contributed by atoms with E-state index < -0.39 is 10.7 Å². The fourth-order valence-corrected chi connectivity index (χ4v) is 3.46. The lowest BCUT2D eigenvalue weighted by molar-refractivity contribution is -0.386. The van der Waals surface area contributed by atoms with Crippen molar-refractivity contribution >= 4 is 17.3 Å². The molecule has 0 unspecified atom stereocenters. The van der Waals surface area contributed by atoms with Gasteiger partial charge in [-0.2, -0.15) is 0 Å². The normalized spacial score (nSPS) is 18.3. The number of rotatable bonds is 2. The number of phenols is 1. The van der Waals surface area contributed by atoms with Gasteiger partial charge in [-0.05, 0) is 30.7 Å². The van der Waals surface area contributed by atoms with Crippen LogP contribution < -0.4 is 0 Å². The zero-order valence-electron chi connectivity index (χ0n) is 12.7. The molecular formula is C17H17ClN2O3. The summed E-state index contributed by atoms with van der Waals surface area (Å²) in [5, 5.41) is 21.8. The first kappa shape index (κ1) is 15.8. The van der Waals surface area contributed by atoms with Crippen LogP contribution in [0, 0.1) is 10.1 Å². The third-order valence-corrected chi connectivity index (χ3v) is 4.63. The summed E-state index contributed by atoms with van der Waals surface area (Å²) in [5.74, 6) is -0.622.